The third kappa shape index (κ3) is 3.08. The van der Waals surface area contributed by atoms with Crippen molar-refractivity contribution in [1.82, 2.24) is 24.5 Å². The number of hydrogen-bond acceptors (Lipinski definition) is 6. The number of benzene rings is 1. The van der Waals surface area contributed by atoms with E-state index >= 15 is 0 Å². The number of hydrogen-bond donors (Lipinski definition) is 0. The molecule has 5 rings (SSSR count). The molecule has 0 N–H and O–H groups in total. The van der Waals surface area contributed by atoms with Gasteiger partial charge in [-0.2, -0.15) is 9.78 Å². The Hall–Kier alpha value is -2.71. The van der Waals surface area contributed by atoms with Crippen molar-refractivity contribution in [2.24, 2.45) is 7.05 Å². The van der Waals surface area contributed by atoms with E-state index < -0.39 is 0 Å². The lowest BCUT2D eigenvalue weighted by molar-refractivity contribution is 0.123. The summed E-state index contributed by atoms with van der Waals surface area (Å²) in [5, 5.41) is 9.20. The van der Waals surface area contributed by atoms with Gasteiger partial charge in [0.1, 0.15) is 0 Å². The first-order valence-corrected chi connectivity index (χ1v) is 9.76. The van der Waals surface area contributed by atoms with E-state index in [9.17, 15) is 0 Å². The lowest BCUT2D eigenvalue weighted by Crippen LogP contribution is -2.36. The van der Waals surface area contributed by atoms with Crippen LogP contribution in [0.5, 0.6) is 0 Å². The van der Waals surface area contributed by atoms with Gasteiger partial charge in [0.15, 0.2) is 17.5 Å². The maximum atomic E-state index is 5.57. The molecule has 0 aliphatic carbocycles. The molecule has 8 nitrogen and oxygen atoms in total. The SMILES string of the molecule is Cn1nccc1-n1nc(C2CCOC2)nc1-c1ccccc1N1CCOCC1. The first-order chi connectivity index (χ1) is 13.8. The smallest absolute Gasteiger partial charge is 0.167 e. The minimum Gasteiger partial charge on any atom is -0.381 e. The molecule has 1 aromatic carbocycles. The largest absolute Gasteiger partial charge is 0.381 e. The molecule has 0 saturated carbocycles. The van der Waals surface area contributed by atoms with Gasteiger partial charge in [-0.15, -0.1) is 5.10 Å². The molecule has 2 aliphatic heterocycles. The molecule has 4 heterocycles. The third-order valence-corrected chi connectivity index (χ3v) is 5.43. The zero-order valence-electron chi connectivity index (χ0n) is 16.0. The molecule has 146 valence electrons. The van der Waals surface area contributed by atoms with E-state index in [0.29, 0.717) is 6.61 Å². The number of anilines is 1. The number of nitrogens with zero attached hydrogens (tertiary/aromatic N) is 6. The summed E-state index contributed by atoms with van der Waals surface area (Å²) < 4.78 is 14.8. The normalized spacial score (nSPS) is 20.0. The summed E-state index contributed by atoms with van der Waals surface area (Å²) in [6.07, 6.45) is 2.74. The van der Waals surface area contributed by atoms with Crippen molar-refractivity contribution in [3.05, 3.63) is 42.4 Å². The van der Waals surface area contributed by atoms with Crippen molar-refractivity contribution in [3.8, 4) is 17.2 Å². The number of para-hydroxylation sites is 1. The molecule has 28 heavy (non-hydrogen) atoms. The van der Waals surface area contributed by atoms with Crippen molar-refractivity contribution in [3.63, 3.8) is 0 Å². The highest BCUT2D eigenvalue weighted by Gasteiger charge is 2.27. The fourth-order valence-electron chi connectivity index (χ4n) is 3.89. The van der Waals surface area contributed by atoms with E-state index in [2.05, 4.69) is 34.3 Å². The van der Waals surface area contributed by atoms with Crippen LogP contribution in [0, 0.1) is 0 Å². The number of aryl methyl sites for hydroxylation is 1. The van der Waals surface area contributed by atoms with E-state index in [1.165, 1.54) is 0 Å². The molecule has 3 aromatic rings. The second-order valence-corrected chi connectivity index (χ2v) is 7.20. The fraction of sp³-hybridized carbons (Fsp3) is 0.450. The van der Waals surface area contributed by atoms with E-state index in [0.717, 1.165) is 68.0 Å². The Morgan fingerprint density at radius 2 is 1.89 bits per heavy atom. The molecule has 2 fully saturated rings. The monoisotopic (exact) mass is 380 g/mol. The molecular formula is C20H24N6O2. The molecule has 2 aliphatic rings. The Bertz CT molecular complexity index is 953. The van der Waals surface area contributed by atoms with Crippen LogP contribution in [0.15, 0.2) is 36.5 Å². The van der Waals surface area contributed by atoms with Gasteiger partial charge in [-0.3, -0.25) is 4.68 Å². The Labute approximate surface area is 163 Å². The highest BCUT2D eigenvalue weighted by Crippen LogP contribution is 2.33. The maximum Gasteiger partial charge on any atom is 0.167 e. The van der Waals surface area contributed by atoms with Crippen LogP contribution in [0.4, 0.5) is 5.69 Å². The van der Waals surface area contributed by atoms with Crippen molar-refractivity contribution in [2.75, 3.05) is 44.4 Å². The summed E-state index contributed by atoms with van der Waals surface area (Å²) in [6, 6.07) is 10.4. The molecule has 2 saturated heterocycles. The van der Waals surface area contributed by atoms with Crippen LogP contribution in [-0.2, 0) is 16.5 Å². The number of rotatable bonds is 4. The number of aromatic nitrogens is 5. The van der Waals surface area contributed by atoms with Crippen LogP contribution >= 0.6 is 0 Å². The van der Waals surface area contributed by atoms with E-state index in [-0.39, 0.29) is 5.92 Å². The Morgan fingerprint density at radius 3 is 2.64 bits per heavy atom. The summed E-state index contributed by atoms with van der Waals surface area (Å²) in [7, 11) is 1.92. The van der Waals surface area contributed by atoms with Crippen LogP contribution in [0.2, 0.25) is 0 Å². The molecule has 0 bridgehead atoms. The predicted octanol–water partition coefficient (Wildman–Crippen LogP) is 2.01. The molecule has 8 heteroatoms. The van der Waals surface area contributed by atoms with Gasteiger partial charge in [0.05, 0.1) is 26.0 Å². The van der Waals surface area contributed by atoms with Crippen LogP contribution in [-0.4, -0.2) is 64.1 Å². The van der Waals surface area contributed by atoms with Gasteiger partial charge in [0.2, 0.25) is 0 Å². The van der Waals surface area contributed by atoms with Crippen LogP contribution in [0.3, 0.4) is 0 Å². The summed E-state index contributed by atoms with van der Waals surface area (Å²) in [5.74, 6) is 2.81. The van der Waals surface area contributed by atoms with Gasteiger partial charge in [-0.1, -0.05) is 12.1 Å². The lowest BCUT2D eigenvalue weighted by Gasteiger charge is -2.30. The Balaban J connectivity index is 1.64. The van der Waals surface area contributed by atoms with Crippen molar-refractivity contribution in [2.45, 2.75) is 12.3 Å². The van der Waals surface area contributed by atoms with Crippen molar-refractivity contribution >= 4 is 5.69 Å². The van der Waals surface area contributed by atoms with Crippen LogP contribution < -0.4 is 4.90 Å². The molecule has 1 unspecified atom stereocenters. The van der Waals surface area contributed by atoms with Crippen LogP contribution in [0.25, 0.3) is 17.2 Å². The zero-order valence-corrected chi connectivity index (χ0v) is 16.0. The second kappa shape index (κ2) is 7.37. The summed E-state index contributed by atoms with van der Waals surface area (Å²) in [4.78, 5) is 7.35. The first-order valence-electron chi connectivity index (χ1n) is 9.76. The van der Waals surface area contributed by atoms with E-state index in [1.807, 2.05) is 22.5 Å². The van der Waals surface area contributed by atoms with Gasteiger partial charge < -0.3 is 14.4 Å². The first kappa shape index (κ1) is 17.4. The third-order valence-electron chi connectivity index (χ3n) is 5.43. The summed E-state index contributed by atoms with van der Waals surface area (Å²) in [5.41, 5.74) is 2.24. The summed E-state index contributed by atoms with van der Waals surface area (Å²) in [6.45, 7) is 4.69. The van der Waals surface area contributed by atoms with Gasteiger partial charge in [0, 0.05) is 50.0 Å². The number of morpholine rings is 1. The summed E-state index contributed by atoms with van der Waals surface area (Å²) >= 11 is 0. The maximum absolute atomic E-state index is 5.57. The van der Waals surface area contributed by atoms with E-state index in [1.54, 1.807) is 6.20 Å². The van der Waals surface area contributed by atoms with Gasteiger partial charge >= 0.3 is 0 Å². The molecule has 2 aromatic heterocycles. The topological polar surface area (TPSA) is 70.2 Å². The van der Waals surface area contributed by atoms with E-state index in [4.69, 9.17) is 19.6 Å². The van der Waals surface area contributed by atoms with Crippen LogP contribution in [0.1, 0.15) is 18.2 Å². The highest BCUT2D eigenvalue weighted by molar-refractivity contribution is 5.75. The molecule has 0 spiro atoms. The van der Waals surface area contributed by atoms with Crippen molar-refractivity contribution in [1.29, 1.82) is 0 Å². The second-order valence-electron chi connectivity index (χ2n) is 7.20. The lowest BCUT2D eigenvalue weighted by atomic mass is 10.1. The quantitative estimate of drug-likeness (QED) is 0.690. The fourth-order valence-corrected chi connectivity index (χ4v) is 3.89. The average molecular weight is 380 g/mol. The minimum absolute atomic E-state index is 0.240. The predicted molar refractivity (Wildman–Crippen MR) is 105 cm³/mol. The molecule has 0 amide bonds. The minimum atomic E-state index is 0.240. The van der Waals surface area contributed by atoms with Crippen molar-refractivity contribution < 1.29 is 9.47 Å². The molecule has 1 atom stereocenters. The molecule has 0 radical (unpaired) electrons. The standard InChI is InChI=1S/C20H24N6O2/c1-24-18(6-8-21-24)26-20(22-19(23-26)15-7-11-28-14-15)16-4-2-3-5-17(16)25-9-12-27-13-10-25/h2-6,8,15H,7,9-14H2,1H3. The Morgan fingerprint density at radius 1 is 1.04 bits per heavy atom. The molecular weight excluding hydrogens is 356 g/mol. The Kier molecular flexibility index (Phi) is 4.58. The van der Waals surface area contributed by atoms with Gasteiger partial charge in [-0.25, -0.2) is 4.98 Å². The highest BCUT2D eigenvalue weighted by atomic mass is 16.5. The van der Waals surface area contributed by atoms with Gasteiger partial charge in [-0.05, 0) is 18.6 Å². The average Bonchev–Trinajstić information content (AvgIpc) is 3.49. The van der Waals surface area contributed by atoms with Gasteiger partial charge in [0.25, 0.3) is 0 Å². The zero-order chi connectivity index (χ0) is 18.9. The number of ether oxygens (including phenoxy) is 2.